The maximum Gasteiger partial charge on any atom is 0.0833 e. The summed E-state index contributed by atoms with van der Waals surface area (Å²) in [7, 11) is 1.98. The zero-order valence-electron chi connectivity index (χ0n) is 8.77. The number of fused-ring (bicyclic) bond motifs is 3. The Morgan fingerprint density at radius 3 is 2.93 bits per heavy atom. The zero-order chi connectivity index (χ0) is 10.4. The molecule has 2 nitrogen and oxygen atoms in total. The van der Waals surface area contributed by atoms with E-state index in [1.807, 2.05) is 23.5 Å². The van der Waals surface area contributed by atoms with Gasteiger partial charge in [-0.1, -0.05) is 18.2 Å². The van der Waals surface area contributed by atoms with Gasteiger partial charge < -0.3 is 0 Å². The van der Waals surface area contributed by atoms with E-state index in [1.165, 1.54) is 21.7 Å². The monoisotopic (exact) mass is 216 g/mol. The Labute approximate surface area is 93.3 Å². The Hall–Kier alpha value is -1.22. The van der Waals surface area contributed by atoms with Crippen LogP contribution in [0.1, 0.15) is 17.9 Å². The lowest BCUT2D eigenvalue weighted by Gasteiger charge is -2.19. The van der Waals surface area contributed by atoms with Crippen LogP contribution in [0.25, 0.3) is 11.1 Å². The van der Waals surface area contributed by atoms with Crippen molar-refractivity contribution >= 4 is 11.8 Å². The SMILES string of the molecule is CC1Sc2ccccc2-c2cn(C)nc21. The van der Waals surface area contributed by atoms with Gasteiger partial charge >= 0.3 is 0 Å². The summed E-state index contributed by atoms with van der Waals surface area (Å²) in [5.41, 5.74) is 3.82. The summed E-state index contributed by atoms with van der Waals surface area (Å²) < 4.78 is 1.91. The van der Waals surface area contributed by atoms with Crippen LogP contribution in [0.5, 0.6) is 0 Å². The second kappa shape index (κ2) is 3.14. The molecule has 0 saturated carbocycles. The van der Waals surface area contributed by atoms with Gasteiger partial charge in [-0.15, -0.1) is 11.8 Å². The number of aromatic nitrogens is 2. The highest BCUT2D eigenvalue weighted by atomic mass is 32.2. The molecule has 1 atom stereocenters. The minimum atomic E-state index is 0.455. The predicted molar refractivity (Wildman–Crippen MR) is 62.9 cm³/mol. The molecule has 1 aliphatic heterocycles. The van der Waals surface area contributed by atoms with Crippen molar-refractivity contribution < 1.29 is 0 Å². The molecule has 1 unspecified atom stereocenters. The Bertz CT molecular complexity index is 516. The summed E-state index contributed by atoms with van der Waals surface area (Å²) in [5.74, 6) is 0. The number of hydrogen-bond acceptors (Lipinski definition) is 2. The van der Waals surface area contributed by atoms with E-state index in [-0.39, 0.29) is 0 Å². The third-order valence-electron chi connectivity index (χ3n) is 2.72. The van der Waals surface area contributed by atoms with E-state index >= 15 is 0 Å². The lowest BCUT2D eigenvalue weighted by molar-refractivity contribution is 0.743. The molecular weight excluding hydrogens is 204 g/mol. The highest BCUT2D eigenvalue weighted by Crippen LogP contribution is 2.47. The van der Waals surface area contributed by atoms with Crippen LogP contribution in [0, 0.1) is 0 Å². The Morgan fingerprint density at radius 2 is 2.07 bits per heavy atom. The standard InChI is InChI=1S/C12H12N2S/c1-8-12-10(7-14(2)13-12)9-5-3-4-6-11(9)15-8/h3-8H,1-2H3. The van der Waals surface area contributed by atoms with E-state index in [4.69, 9.17) is 0 Å². The Kier molecular flexibility index (Phi) is 1.89. The predicted octanol–water partition coefficient (Wildman–Crippen LogP) is 3.25. The second-order valence-corrected chi connectivity index (χ2v) is 5.24. The van der Waals surface area contributed by atoms with Crippen LogP contribution < -0.4 is 0 Å². The molecule has 0 N–H and O–H groups in total. The molecule has 0 aliphatic carbocycles. The zero-order valence-corrected chi connectivity index (χ0v) is 9.58. The molecule has 0 radical (unpaired) electrons. The molecule has 15 heavy (non-hydrogen) atoms. The summed E-state index contributed by atoms with van der Waals surface area (Å²) >= 11 is 1.89. The average Bonchev–Trinajstić information content (AvgIpc) is 2.61. The van der Waals surface area contributed by atoms with Crippen molar-refractivity contribution in [1.29, 1.82) is 0 Å². The second-order valence-electron chi connectivity index (χ2n) is 3.86. The molecule has 1 aliphatic rings. The highest BCUT2D eigenvalue weighted by molar-refractivity contribution is 7.99. The van der Waals surface area contributed by atoms with E-state index < -0.39 is 0 Å². The summed E-state index contributed by atoms with van der Waals surface area (Å²) in [6.45, 7) is 2.21. The van der Waals surface area contributed by atoms with Gasteiger partial charge in [-0.25, -0.2) is 0 Å². The van der Waals surface area contributed by atoms with Gasteiger partial charge in [0, 0.05) is 23.7 Å². The van der Waals surface area contributed by atoms with Crippen molar-refractivity contribution in [3.63, 3.8) is 0 Å². The molecule has 2 aromatic rings. The molecule has 0 saturated heterocycles. The number of hydrogen-bond donors (Lipinski definition) is 0. The van der Waals surface area contributed by atoms with E-state index in [2.05, 4.69) is 42.5 Å². The minimum absolute atomic E-state index is 0.455. The van der Waals surface area contributed by atoms with Crippen molar-refractivity contribution in [2.24, 2.45) is 7.05 Å². The van der Waals surface area contributed by atoms with Crippen LogP contribution in [0.3, 0.4) is 0 Å². The average molecular weight is 216 g/mol. The fraction of sp³-hybridized carbons (Fsp3) is 0.250. The summed E-state index contributed by atoms with van der Waals surface area (Å²) in [6.07, 6.45) is 2.12. The summed E-state index contributed by atoms with van der Waals surface area (Å²) in [5, 5.41) is 4.98. The topological polar surface area (TPSA) is 17.8 Å². The minimum Gasteiger partial charge on any atom is -0.275 e. The number of rotatable bonds is 0. The van der Waals surface area contributed by atoms with Gasteiger partial charge in [0.2, 0.25) is 0 Å². The first kappa shape index (κ1) is 9.04. The van der Waals surface area contributed by atoms with Gasteiger partial charge in [0.25, 0.3) is 0 Å². The molecule has 76 valence electrons. The molecule has 0 amide bonds. The van der Waals surface area contributed by atoms with Gasteiger partial charge in [-0.05, 0) is 18.6 Å². The number of aryl methyl sites for hydroxylation is 1. The normalized spacial score (nSPS) is 18.4. The van der Waals surface area contributed by atoms with Crippen molar-refractivity contribution in [2.45, 2.75) is 17.1 Å². The molecule has 3 rings (SSSR count). The van der Waals surface area contributed by atoms with Crippen LogP contribution in [0.4, 0.5) is 0 Å². The first-order valence-corrected chi connectivity index (χ1v) is 5.93. The van der Waals surface area contributed by atoms with Gasteiger partial charge in [-0.3, -0.25) is 4.68 Å². The van der Waals surface area contributed by atoms with Gasteiger partial charge in [0.15, 0.2) is 0 Å². The highest BCUT2D eigenvalue weighted by Gasteiger charge is 2.24. The van der Waals surface area contributed by atoms with Crippen LogP contribution >= 0.6 is 11.8 Å². The molecular formula is C12H12N2S. The van der Waals surface area contributed by atoms with E-state index in [0.717, 1.165) is 0 Å². The van der Waals surface area contributed by atoms with Crippen LogP contribution in [-0.2, 0) is 7.05 Å². The maximum atomic E-state index is 4.53. The van der Waals surface area contributed by atoms with E-state index in [0.29, 0.717) is 5.25 Å². The lowest BCUT2D eigenvalue weighted by atomic mass is 10.0. The van der Waals surface area contributed by atoms with Crippen LogP contribution in [0.15, 0.2) is 35.4 Å². The molecule has 0 bridgehead atoms. The summed E-state index contributed by atoms with van der Waals surface area (Å²) in [6, 6.07) is 8.55. The van der Waals surface area contributed by atoms with Crippen molar-refractivity contribution in [2.75, 3.05) is 0 Å². The van der Waals surface area contributed by atoms with Crippen molar-refractivity contribution in [1.82, 2.24) is 9.78 Å². The molecule has 3 heteroatoms. The quantitative estimate of drug-likeness (QED) is 0.672. The number of nitrogens with zero attached hydrogens (tertiary/aromatic N) is 2. The van der Waals surface area contributed by atoms with Crippen LogP contribution in [-0.4, -0.2) is 9.78 Å². The largest absolute Gasteiger partial charge is 0.275 e. The molecule has 1 aromatic heterocycles. The molecule has 0 spiro atoms. The van der Waals surface area contributed by atoms with Crippen molar-refractivity contribution in [3.05, 3.63) is 36.2 Å². The smallest absolute Gasteiger partial charge is 0.0833 e. The third kappa shape index (κ3) is 1.30. The summed E-state index contributed by atoms with van der Waals surface area (Å²) in [4.78, 5) is 1.37. The first-order chi connectivity index (χ1) is 7.25. The molecule has 1 aromatic carbocycles. The van der Waals surface area contributed by atoms with E-state index in [9.17, 15) is 0 Å². The Balaban J connectivity index is 2.29. The number of thioether (sulfide) groups is 1. The van der Waals surface area contributed by atoms with Crippen molar-refractivity contribution in [3.8, 4) is 11.1 Å². The molecule has 0 fully saturated rings. The maximum absolute atomic E-state index is 4.53. The number of benzene rings is 1. The third-order valence-corrected chi connectivity index (χ3v) is 3.91. The van der Waals surface area contributed by atoms with E-state index in [1.54, 1.807) is 0 Å². The fourth-order valence-electron chi connectivity index (χ4n) is 2.05. The molecule has 2 heterocycles. The Morgan fingerprint density at radius 1 is 1.27 bits per heavy atom. The van der Waals surface area contributed by atoms with Gasteiger partial charge in [-0.2, -0.15) is 5.10 Å². The van der Waals surface area contributed by atoms with Gasteiger partial charge in [0.1, 0.15) is 0 Å². The lowest BCUT2D eigenvalue weighted by Crippen LogP contribution is -1.99. The first-order valence-electron chi connectivity index (χ1n) is 5.05. The van der Waals surface area contributed by atoms with Crippen LogP contribution in [0.2, 0.25) is 0 Å². The van der Waals surface area contributed by atoms with Gasteiger partial charge in [0.05, 0.1) is 10.9 Å². The fourth-order valence-corrected chi connectivity index (χ4v) is 3.18.